The lowest BCUT2D eigenvalue weighted by atomic mass is 9.96. The second-order valence-electron chi connectivity index (χ2n) is 7.15. The fraction of sp³-hybridized carbons (Fsp3) is 0.217. The Hall–Kier alpha value is -3.25. The molecule has 0 bridgehead atoms. The number of fused-ring (bicyclic) bond motifs is 3. The summed E-state index contributed by atoms with van der Waals surface area (Å²) in [5, 5.41) is 7.66. The van der Waals surface area contributed by atoms with Gasteiger partial charge in [0, 0.05) is 40.5 Å². The lowest BCUT2D eigenvalue weighted by molar-refractivity contribution is -0.0190. The molecular weight excluding hydrogens is 402 g/mol. The molecule has 2 atom stereocenters. The predicted molar refractivity (Wildman–Crippen MR) is 114 cm³/mol. The Labute approximate surface area is 179 Å². The van der Waals surface area contributed by atoms with Crippen molar-refractivity contribution in [3.05, 3.63) is 82.6 Å². The van der Waals surface area contributed by atoms with Crippen LogP contribution in [0.2, 0.25) is 5.02 Å². The summed E-state index contributed by atoms with van der Waals surface area (Å²) in [7, 11) is 3.26. The number of nitrogens with zero attached hydrogens (tertiary/aromatic N) is 3. The molecule has 0 radical (unpaired) electrons. The van der Waals surface area contributed by atoms with Crippen molar-refractivity contribution in [1.29, 1.82) is 0 Å². The molecule has 0 amide bonds. The monoisotopic (exact) mass is 421 g/mol. The van der Waals surface area contributed by atoms with Gasteiger partial charge in [0.2, 0.25) is 6.23 Å². The molecule has 2 aliphatic heterocycles. The van der Waals surface area contributed by atoms with E-state index >= 15 is 0 Å². The Balaban J connectivity index is 1.58. The molecule has 0 saturated heterocycles. The van der Waals surface area contributed by atoms with Crippen LogP contribution in [0.1, 0.15) is 35.4 Å². The second kappa shape index (κ2) is 7.54. The van der Waals surface area contributed by atoms with E-state index in [0.29, 0.717) is 16.5 Å². The van der Waals surface area contributed by atoms with E-state index in [4.69, 9.17) is 30.9 Å². The van der Waals surface area contributed by atoms with Gasteiger partial charge in [0.25, 0.3) is 0 Å². The van der Waals surface area contributed by atoms with Crippen molar-refractivity contribution in [2.75, 3.05) is 14.2 Å². The van der Waals surface area contributed by atoms with Gasteiger partial charge in [-0.2, -0.15) is 5.10 Å². The van der Waals surface area contributed by atoms with Gasteiger partial charge in [-0.1, -0.05) is 11.6 Å². The molecule has 7 heteroatoms. The minimum absolute atomic E-state index is 0.0220. The lowest BCUT2D eigenvalue weighted by Crippen LogP contribution is -2.33. The van der Waals surface area contributed by atoms with Crippen LogP contribution in [-0.2, 0) is 0 Å². The molecule has 0 fully saturated rings. The number of methoxy groups -OCH3 is 2. The van der Waals surface area contributed by atoms with Crippen molar-refractivity contribution in [2.24, 2.45) is 5.10 Å². The SMILES string of the molecule is COc1ccc(C2=NN3C(C2)c2cc(Cl)ccc2OC3c2ccncc2)cc1OC. The standard InChI is InChI=1S/C23H20ClN3O3/c1-28-21-5-3-15(11-22(21)29-2)18-13-19-17-12-16(24)4-6-20(17)30-23(27(19)26-18)14-7-9-25-10-8-14/h3-12,19,23H,13H2,1-2H3. The average molecular weight is 422 g/mol. The van der Waals surface area contributed by atoms with E-state index in [9.17, 15) is 0 Å². The van der Waals surface area contributed by atoms with E-state index in [-0.39, 0.29) is 12.3 Å². The van der Waals surface area contributed by atoms with Crippen LogP contribution >= 0.6 is 11.6 Å². The van der Waals surface area contributed by atoms with Crippen molar-refractivity contribution < 1.29 is 14.2 Å². The van der Waals surface area contributed by atoms with Crippen molar-refractivity contribution >= 4 is 17.3 Å². The second-order valence-corrected chi connectivity index (χ2v) is 7.59. The Morgan fingerprint density at radius 1 is 1.00 bits per heavy atom. The molecule has 0 N–H and O–H groups in total. The first kappa shape index (κ1) is 18.8. The van der Waals surface area contributed by atoms with Crippen LogP contribution in [0.5, 0.6) is 17.2 Å². The number of aromatic nitrogens is 1. The summed E-state index contributed by atoms with van der Waals surface area (Å²) in [6.07, 6.45) is 3.91. The minimum atomic E-state index is -0.343. The zero-order valence-electron chi connectivity index (χ0n) is 16.6. The molecule has 5 rings (SSSR count). The first-order chi connectivity index (χ1) is 14.7. The summed E-state index contributed by atoms with van der Waals surface area (Å²) >= 11 is 6.30. The largest absolute Gasteiger partial charge is 0.493 e. The van der Waals surface area contributed by atoms with Crippen molar-refractivity contribution in [1.82, 2.24) is 9.99 Å². The number of pyridine rings is 1. The van der Waals surface area contributed by atoms with Crippen molar-refractivity contribution in [3.8, 4) is 17.2 Å². The molecule has 152 valence electrons. The van der Waals surface area contributed by atoms with Crippen LogP contribution in [0.4, 0.5) is 0 Å². The number of ether oxygens (including phenoxy) is 3. The summed E-state index contributed by atoms with van der Waals surface area (Å²) in [4.78, 5) is 4.13. The normalized spacial score (nSPS) is 19.4. The topological polar surface area (TPSA) is 56.2 Å². The number of hydrogen-bond donors (Lipinski definition) is 0. The number of hydrogen-bond acceptors (Lipinski definition) is 6. The minimum Gasteiger partial charge on any atom is -0.493 e. The van der Waals surface area contributed by atoms with Gasteiger partial charge in [0.1, 0.15) is 5.75 Å². The van der Waals surface area contributed by atoms with Crippen molar-refractivity contribution in [3.63, 3.8) is 0 Å². The number of hydrazone groups is 1. The highest BCUT2D eigenvalue weighted by Gasteiger charge is 2.41. The van der Waals surface area contributed by atoms with E-state index in [2.05, 4.69) is 4.98 Å². The zero-order chi connectivity index (χ0) is 20.7. The first-order valence-corrected chi connectivity index (χ1v) is 10.00. The smallest absolute Gasteiger partial charge is 0.213 e. The maximum absolute atomic E-state index is 6.34. The Morgan fingerprint density at radius 3 is 2.57 bits per heavy atom. The molecule has 30 heavy (non-hydrogen) atoms. The van der Waals surface area contributed by atoms with Crippen LogP contribution in [0.25, 0.3) is 0 Å². The molecule has 0 aliphatic carbocycles. The van der Waals surface area contributed by atoms with Crippen LogP contribution in [0.3, 0.4) is 0 Å². The Bertz CT molecular complexity index is 1120. The van der Waals surface area contributed by atoms with Crippen molar-refractivity contribution in [2.45, 2.75) is 18.7 Å². The third kappa shape index (κ3) is 3.13. The zero-order valence-corrected chi connectivity index (χ0v) is 17.3. The molecule has 3 aromatic rings. The summed E-state index contributed by atoms with van der Waals surface area (Å²) in [5.41, 5.74) is 3.97. The maximum atomic E-state index is 6.34. The lowest BCUT2D eigenvalue weighted by Gasteiger charge is -2.38. The fourth-order valence-corrected chi connectivity index (χ4v) is 4.18. The molecule has 6 nitrogen and oxygen atoms in total. The fourth-order valence-electron chi connectivity index (χ4n) is 4.00. The van der Waals surface area contributed by atoms with Gasteiger partial charge in [0.15, 0.2) is 11.5 Å². The highest BCUT2D eigenvalue weighted by Crippen LogP contribution is 2.48. The summed E-state index contributed by atoms with van der Waals surface area (Å²) < 4.78 is 17.2. The van der Waals surface area contributed by atoms with Crippen LogP contribution in [0, 0.1) is 0 Å². The van der Waals surface area contributed by atoms with Gasteiger partial charge in [-0.3, -0.25) is 4.98 Å². The van der Waals surface area contributed by atoms with Gasteiger partial charge in [0.05, 0.1) is 26.0 Å². The molecular formula is C23H20ClN3O3. The van der Waals surface area contributed by atoms with Gasteiger partial charge < -0.3 is 14.2 Å². The maximum Gasteiger partial charge on any atom is 0.213 e. The highest BCUT2D eigenvalue weighted by molar-refractivity contribution is 6.30. The predicted octanol–water partition coefficient (Wildman–Crippen LogP) is 4.99. The Morgan fingerprint density at radius 2 is 1.80 bits per heavy atom. The van der Waals surface area contributed by atoms with Gasteiger partial charge in [-0.25, -0.2) is 5.01 Å². The van der Waals surface area contributed by atoms with E-state index in [1.54, 1.807) is 26.6 Å². The first-order valence-electron chi connectivity index (χ1n) is 9.62. The summed E-state index contributed by atoms with van der Waals surface area (Å²) in [6.45, 7) is 0. The third-order valence-corrected chi connectivity index (χ3v) is 5.70. The Kier molecular flexibility index (Phi) is 4.71. The summed E-state index contributed by atoms with van der Waals surface area (Å²) in [6, 6.07) is 15.5. The molecule has 0 saturated carbocycles. The van der Waals surface area contributed by atoms with Crippen LogP contribution in [-0.4, -0.2) is 29.9 Å². The summed E-state index contributed by atoms with van der Waals surface area (Å²) in [5.74, 6) is 2.19. The van der Waals surface area contributed by atoms with E-state index in [0.717, 1.165) is 34.6 Å². The molecule has 0 spiro atoms. The highest BCUT2D eigenvalue weighted by atomic mass is 35.5. The van der Waals surface area contributed by atoms with E-state index in [1.165, 1.54) is 0 Å². The van der Waals surface area contributed by atoms with Gasteiger partial charge >= 0.3 is 0 Å². The van der Waals surface area contributed by atoms with Gasteiger partial charge in [-0.15, -0.1) is 0 Å². The molecule has 2 unspecified atom stereocenters. The quantitative estimate of drug-likeness (QED) is 0.593. The van der Waals surface area contributed by atoms with Crippen LogP contribution < -0.4 is 14.2 Å². The molecule has 1 aromatic heterocycles. The molecule has 2 aromatic carbocycles. The number of benzene rings is 2. The van der Waals surface area contributed by atoms with E-state index < -0.39 is 0 Å². The molecule has 2 aliphatic rings. The average Bonchev–Trinajstić information content (AvgIpc) is 3.24. The molecule has 3 heterocycles. The third-order valence-electron chi connectivity index (χ3n) is 5.46. The van der Waals surface area contributed by atoms with E-state index in [1.807, 2.05) is 53.5 Å². The number of halogens is 1. The van der Waals surface area contributed by atoms with Crippen LogP contribution in [0.15, 0.2) is 66.0 Å². The number of rotatable bonds is 4. The van der Waals surface area contributed by atoms with Gasteiger partial charge in [-0.05, 0) is 48.5 Å².